The first-order valence-electron chi connectivity index (χ1n) is 11.8. The third-order valence-electron chi connectivity index (χ3n) is 5.94. The van der Waals surface area contributed by atoms with Crippen LogP contribution < -0.4 is 5.32 Å². The summed E-state index contributed by atoms with van der Waals surface area (Å²) >= 11 is 6.48. The highest BCUT2D eigenvalue weighted by atomic mass is 35.5. The third-order valence-corrected chi connectivity index (χ3v) is 6.27. The summed E-state index contributed by atoms with van der Waals surface area (Å²) in [4.78, 5) is 34.8. The highest BCUT2D eigenvalue weighted by Gasteiger charge is 2.42. The van der Waals surface area contributed by atoms with E-state index in [1.165, 1.54) is 0 Å². The van der Waals surface area contributed by atoms with Gasteiger partial charge in [0.1, 0.15) is 6.04 Å². The maximum Gasteiger partial charge on any atom is 0.256 e. The van der Waals surface area contributed by atoms with E-state index in [0.29, 0.717) is 28.3 Å². The molecule has 0 aliphatic carbocycles. The van der Waals surface area contributed by atoms with Crippen LogP contribution >= 0.6 is 11.6 Å². The number of aliphatic imine (C=N–C) groups is 1. The standard InChI is InChI=1S/C29H30ClN3O2/c1-5-24-25(19-13-7-6-8-14-19)31-23-18-12-10-16-21(23)26(27(34)32-29(2,3)4)33(24)28(35)20-15-9-11-17-22(20)30/h6-18,24,26H,5H2,1-4H3,(H,32,34). The van der Waals surface area contributed by atoms with Gasteiger partial charge < -0.3 is 10.2 Å². The summed E-state index contributed by atoms with van der Waals surface area (Å²) in [5, 5.41) is 3.44. The third kappa shape index (κ3) is 5.15. The number of nitrogens with zero attached hydrogens (tertiary/aromatic N) is 2. The first kappa shape index (κ1) is 24.7. The number of rotatable bonds is 4. The summed E-state index contributed by atoms with van der Waals surface area (Å²) in [6.45, 7) is 7.79. The van der Waals surface area contributed by atoms with Crippen LogP contribution in [0, 0.1) is 0 Å². The van der Waals surface area contributed by atoms with Gasteiger partial charge in [0.05, 0.1) is 28.0 Å². The SMILES string of the molecule is CCC1C(c2ccccc2)=Nc2ccccc2C(C(=O)NC(C)(C)C)N1C(=O)c1ccccc1Cl. The Hall–Kier alpha value is -3.44. The fraction of sp³-hybridized carbons (Fsp3) is 0.276. The van der Waals surface area contributed by atoms with Crippen molar-refractivity contribution in [2.24, 2.45) is 4.99 Å². The molecule has 1 aliphatic rings. The van der Waals surface area contributed by atoms with Crippen LogP contribution in [0.2, 0.25) is 5.02 Å². The second kappa shape index (κ2) is 10.0. The van der Waals surface area contributed by atoms with Crippen molar-refractivity contribution in [2.75, 3.05) is 0 Å². The smallest absolute Gasteiger partial charge is 0.256 e. The number of halogens is 1. The number of hydrogen-bond acceptors (Lipinski definition) is 3. The molecule has 0 fully saturated rings. The molecule has 0 spiro atoms. The highest BCUT2D eigenvalue weighted by Crippen LogP contribution is 2.38. The lowest BCUT2D eigenvalue weighted by Gasteiger charge is -2.38. The molecule has 180 valence electrons. The molecule has 0 saturated carbocycles. The molecule has 5 nitrogen and oxygen atoms in total. The van der Waals surface area contributed by atoms with E-state index in [9.17, 15) is 9.59 Å². The van der Waals surface area contributed by atoms with Crippen molar-refractivity contribution in [3.63, 3.8) is 0 Å². The molecule has 2 atom stereocenters. The van der Waals surface area contributed by atoms with Gasteiger partial charge in [0.2, 0.25) is 5.91 Å². The Bertz CT molecular complexity index is 1260. The number of carbonyl (C=O) groups is 2. The number of hydrogen-bond donors (Lipinski definition) is 1. The molecule has 35 heavy (non-hydrogen) atoms. The van der Waals surface area contributed by atoms with Crippen molar-refractivity contribution in [3.05, 3.63) is 101 Å². The van der Waals surface area contributed by atoms with E-state index in [4.69, 9.17) is 16.6 Å². The Labute approximate surface area is 211 Å². The summed E-state index contributed by atoms with van der Waals surface area (Å²) in [6, 6.07) is 23.0. The van der Waals surface area contributed by atoms with E-state index < -0.39 is 17.6 Å². The quantitative estimate of drug-likeness (QED) is 0.466. The number of carbonyl (C=O) groups excluding carboxylic acids is 2. The number of nitrogens with one attached hydrogen (secondary N) is 1. The Morgan fingerprint density at radius 3 is 2.23 bits per heavy atom. The van der Waals surface area contributed by atoms with Crippen LogP contribution in [0.15, 0.2) is 83.9 Å². The molecule has 0 radical (unpaired) electrons. The molecular formula is C29H30ClN3O2. The number of benzene rings is 3. The second-order valence-electron chi connectivity index (χ2n) is 9.68. The highest BCUT2D eigenvalue weighted by molar-refractivity contribution is 6.34. The van der Waals surface area contributed by atoms with E-state index in [1.54, 1.807) is 29.2 Å². The van der Waals surface area contributed by atoms with Crippen LogP contribution in [0.4, 0.5) is 5.69 Å². The zero-order valence-electron chi connectivity index (χ0n) is 20.5. The van der Waals surface area contributed by atoms with Crippen molar-refractivity contribution in [1.82, 2.24) is 10.2 Å². The molecule has 1 aliphatic heterocycles. The van der Waals surface area contributed by atoms with Crippen molar-refractivity contribution < 1.29 is 9.59 Å². The predicted octanol–water partition coefficient (Wildman–Crippen LogP) is 6.35. The lowest BCUT2D eigenvalue weighted by molar-refractivity contribution is -0.127. The second-order valence-corrected chi connectivity index (χ2v) is 10.1. The minimum absolute atomic E-state index is 0.256. The fourth-order valence-electron chi connectivity index (χ4n) is 4.48. The topological polar surface area (TPSA) is 61.8 Å². The molecule has 1 N–H and O–H groups in total. The summed E-state index contributed by atoms with van der Waals surface area (Å²) in [6.07, 6.45) is 0.567. The van der Waals surface area contributed by atoms with Gasteiger partial charge in [-0.15, -0.1) is 0 Å². The first-order valence-corrected chi connectivity index (χ1v) is 12.2. The van der Waals surface area contributed by atoms with Crippen molar-refractivity contribution in [3.8, 4) is 0 Å². The van der Waals surface area contributed by atoms with Crippen LogP contribution in [-0.2, 0) is 4.79 Å². The lowest BCUT2D eigenvalue weighted by Crippen LogP contribution is -2.53. The Kier molecular flexibility index (Phi) is 7.08. The molecular weight excluding hydrogens is 458 g/mol. The minimum Gasteiger partial charge on any atom is -0.349 e. The zero-order valence-corrected chi connectivity index (χ0v) is 21.2. The van der Waals surface area contributed by atoms with Crippen molar-refractivity contribution in [2.45, 2.75) is 51.7 Å². The van der Waals surface area contributed by atoms with E-state index in [1.807, 2.05) is 82.3 Å². The maximum absolute atomic E-state index is 14.2. The summed E-state index contributed by atoms with van der Waals surface area (Å²) < 4.78 is 0. The number of fused-ring (bicyclic) bond motifs is 1. The van der Waals surface area contributed by atoms with E-state index in [0.717, 1.165) is 11.3 Å². The van der Waals surface area contributed by atoms with Gasteiger partial charge in [0.15, 0.2) is 0 Å². The molecule has 0 bridgehead atoms. The molecule has 0 saturated heterocycles. The number of para-hydroxylation sites is 1. The van der Waals surface area contributed by atoms with Gasteiger partial charge in [-0.3, -0.25) is 14.6 Å². The monoisotopic (exact) mass is 487 g/mol. The summed E-state index contributed by atoms with van der Waals surface area (Å²) in [7, 11) is 0. The van der Waals surface area contributed by atoms with Gasteiger partial charge in [-0.05, 0) is 51.0 Å². The van der Waals surface area contributed by atoms with E-state index in [2.05, 4.69) is 5.32 Å². The normalized spacial score (nSPS) is 17.7. The Balaban J connectivity index is 1.98. The molecule has 2 amide bonds. The van der Waals surface area contributed by atoms with Crippen LogP contribution in [0.5, 0.6) is 0 Å². The van der Waals surface area contributed by atoms with Gasteiger partial charge in [-0.2, -0.15) is 0 Å². The predicted molar refractivity (Wildman–Crippen MR) is 141 cm³/mol. The fourth-order valence-corrected chi connectivity index (χ4v) is 4.70. The molecule has 4 rings (SSSR count). The van der Waals surface area contributed by atoms with Gasteiger partial charge in [-0.25, -0.2) is 0 Å². The average Bonchev–Trinajstić information content (AvgIpc) is 2.98. The molecule has 3 aromatic carbocycles. The number of amides is 2. The first-order chi connectivity index (χ1) is 16.7. The van der Waals surface area contributed by atoms with Gasteiger partial charge in [0, 0.05) is 11.1 Å². The average molecular weight is 488 g/mol. The Morgan fingerprint density at radius 2 is 1.57 bits per heavy atom. The molecule has 2 unspecified atom stereocenters. The molecule has 1 heterocycles. The maximum atomic E-state index is 14.2. The molecule has 6 heteroatoms. The molecule has 0 aromatic heterocycles. The minimum atomic E-state index is -0.885. The van der Waals surface area contributed by atoms with Crippen LogP contribution in [0.25, 0.3) is 0 Å². The van der Waals surface area contributed by atoms with Crippen LogP contribution in [-0.4, -0.2) is 34.0 Å². The van der Waals surface area contributed by atoms with Gasteiger partial charge in [0.25, 0.3) is 5.91 Å². The van der Waals surface area contributed by atoms with Crippen molar-refractivity contribution in [1.29, 1.82) is 0 Å². The van der Waals surface area contributed by atoms with Crippen LogP contribution in [0.1, 0.15) is 61.6 Å². The van der Waals surface area contributed by atoms with Gasteiger partial charge >= 0.3 is 0 Å². The lowest BCUT2D eigenvalue weighted by atomic mass is 9.95. The Morgan fingerprint density at radius 1 is 0.943 bits per heavy atom. The zero-order chi connectivity index (χ0) is 25.2. The van der Waals surface area contributed by atoms with E-state index in [-0.39, 0.29) is 11.8 Å². The van der Waals surface area contributed by atoms with E-state index >= 15 is 0 Å². The largest absolute Gasteiger partial charge is 0.349 e. The van der Waals surface area contributed by atoms with Crippen LogP contribution in [0.3, 0.4) is 0 Å². The molecule has 3 aromatic rings. The van der Waals surface area contributed by atoms with Crippen molar-refractivity contribution >= 4 is 34.8 Å². The summed E-state index contributed by atoms with van der Waals surface area (Å²) in [5.74, 6) is -0.565. The van der Waals surface area contributed by atoms with Gasteiger partial charge in [-0.1, -0.05) is 79.2 Å². The summed E-state index contributed by atoms with van der Waals surface area (Å²) in [5.41, 5.74) is 2.87.